The second kappa shape index (κ2) is 7.67. The quantitative estimate of drug-likeness (QED) is 0.606. The van der Waals surface area contributed by atoms with Crippen LogP contribution in [0.2, 0.25) is 0 Å². The molecule has 0 aromatic heterocycles. The number of amides is 1. The number of nitrogens with zero attached hydrogens (tertiary/aromatic N) is 1. The molecule has 1 amide bonds. The smallest absolute Gasteiger partial charge is 0.254 e. The van der Waals surface area contributed by atoms with Gasteiger partial charge in [-0.2, -0.15) is 0 Å². The first-order valence-corrected chi connectivity index (χ1v) is 10.8. The Morgan fingerprint density at radius 2 is 1.80 bits per heavy atom. The zero-order valence-corrected chi connectivity index (χ0v) is 17.6. The van der Waals surface area contributed by atoms with Crippen molar-refractivity contribution in [2.24, 2.45) is 0 Å². The molecule has 4 heteroatoms. The zero-order chi connectivity index (χ0) is 20.7. The standard InChI is InChI=1S/C26H27NO3/c1-29-24-15-13-19-20-11-6-16-27(23(20)14-12-21(19)25(24)30-2)26(28)22-10-5-8-17-7-3-4-9-18(17)22/h3-5,7-10,13,15,20,23H,6,11-12,14,16H2,1-2H3/t20-,23-/m1/s1. The van der Waals surface area contributed by atoms with Crippen LogP contribution in [0.3, 0.4) is 0 Å². The maximum Gasteiger partial charge on any atom is 0.254 e. The average Bonchev–Trinajstić information content (AvgIpc) is 2.81. The fraction of sp³-hybridized carbons (Fsp3) is 0.346. The van der Waals surface area contributed by atoms with Gasteiger partial charge in [0.15, 0.2) is 11.5 Å². The molecule has 30 heavy (non-hydrogen) atoms. The molecule has 1 heterocycles. The molecule has 2 aliphatic rings. The maximum absolute atomic E-state index is 13.7. The molecule has 4 nitrogen and oxygen atoms in total. The summed E-state index contributed by atoms with van der Waals surface area (Å²) in [6.07, 6.45) is 3.98. The number of ether oxygens (including phenoxy) is 2. The number of carbonyl (C=O) groups excluding carboxylic acids is 1. The van der Waals surface area contributed by atoms with E-state index in [0.29, 0.717) is 5.92 Å². The summed E-state index contributed by atoms with van der Waals surface area (Å²) in [6.45, 7) is 0.825. The molecular formula is C26H27NO3. The highest BCUT2D eigenvalue weighted by atomic mass is 16.5. The monoisotopic (exact) mass is 401 g/mol. The summed E-state index contributed by atoms with van der Waals surface area (Å²) in [5.41, 5.74) is 3.38. The topological polar surface area (TPSA) is 38.8 Å². The van der Waals surface area contributed by atoms with Crippen LogP contribution >= 0.6 is 0 Å². The molecule has 3 aromatic rings. The van der Waals surface area contributed by atoms with E-state index in [2.05, 4.69) is 29.2 Å². The van der Waals surface area contributed by atoms with Crippen molar-refractivity contribution < 1.29 is 14.3 Å². The highest BCUT2D eigenvalue weighted by Gasteiger charge is 2.40. The lowest BCUT2D eigenvalue weighted by atomic mass is 9.73. The summed E-state index contributed by atoms with van der Waals surface area (Å²) in [6, 6.07) is 18.6. The number of rotatable bonds is 3. The molecule has 5 rings (SSSR count). The summed E-state index contributed by atoms with van der Waals surface area (Å²) in [7, 11) is 3.39. The van der Waals surface area contributed by atoms with Gasteiger partial charge in [-0.25, -0.2) is 0 Å². The number of hydrogen-bond acceptors (Lipinski definition) is 3. The molecule has 0 bridgehead atoms. The third-order valence-electron chi connectivity index (χ3n) is 6.83. The van der Waals surface area contributed by atoms with Gasteiger partial charge in [0.25, 0.3) is 5.91 Å². The van der Waals surface area contributed by atoms with Crippen LogP contribution in [0.4, 0.5) is 0 Å². The predicted octanol–water partition coefficient (Wildman–Crippen LogP) is 5.19. The molecule has 0 unspecified atom stereocenters. The molecule has 0 N–H and O–H groups in total. The minimum absolute atomic E-state index is 0.158. The number of methoxy groups -OCH3 is 2. The van der Waals surface area contributed by atoms with Crippen molar-refractivity contribution in [3.8, 4) is 11.5 Å². The van der Waals surface area contributed by atoms with E-state index in [1.165, 1.54) is 11.1 Å². The fourth-order valence-corrected chi connectivity index (χ4v) is 5.50. The predicted molar refractivity (Wildman–Crippen MR) is 119 cm³/mol. The van der Waals surface area contributed by atoms with Crippen LogP contribution < -0.4 is 9.47 Å². The van der Waals surface area contributed by atoms with Crippen LogP contribution in [0.25, 0.3) is 10.8 Å². The molecular weight excluding hydrogens is 374 g/mol. The molecule has 1 fully saturated rings. The van der Waals surface area contributed by atoms with E-state index in [4.69, 9.17) is 9.47 Å². The normalized spacial score (nSPS) is 20.4. The molecule has 3 aromatic carbocycles. The molecule has 0 spiro atoms. The van der Waals surface area contributed by atoms with Crippen molar-refractivity contribution in [1.82, 2.24) is 4.90 Å². The van der Waals surface area contributed by atoms with Crippen LogP contribution in [-0.2, 0) is 6.42 Å². The van der Waals surface area contributed by atoms with Gasteiger partial charge in [-0.15, -0.1) is 0 Å². The SMILES string of the molecule is COc1ccc2c(c1OC)CC[C@@H]1[C@@H]2CCCN1C(=O)c1cccc2ccccc12. The number of fused-ring (bicyclic) bond motifs is 4. The van der Waals surface area contributed by atoms with Gasteiger partial charge in [0, 0.05) is 29.6 Å². The third-order valence-corrected chi connectivity index (χ3v) is 6.83. The summed E-state index contributed by atoms with van der Waals surface area (Å²) >= 11 is 0. The third kappa shape index (κ3) is 2.94. The van der Waals surface area contributed by atoms with Crippen molar-refractivity contribution in [2.45, 2.75) is 37.6 Å². The molecule has 1 aliphatic heterocycles. The summed E-state index contributed by atoms with van der Waals surface area (Å²) < 4.78 is 11.2. The zero-order valence-electron chi connectivity index (χ0n) is 17.6. The van der Waals surface area contributed by atoms with Gasteiger partial charge in [-0.05, 0) is 54.2 Å². The minimum atomic E-state index is 0.158. The summed E-state index contributed by atoms with van der Waals surface area (Å²) in [5, 5.41) is 2.15. The van der Waals surface area contributed by atoms with Crippen LogP contribution in [0, 0.1) is 0 Å². The molecule has 0 saturated carbocycles. The molecule has 1 aliphatic carbocycles. The van der Waals surface area contributed by atoms with E-state index in [1.54, 1.807) is 14.2 Å². The fourth-order valence-electron chi connectivity index (χ4n) is 5.50. The number of hydrogen-bond donors (Lipinski definition) is 0. The Kier molecular flexibility index (Phi) is 4.86. The molecule has 1 saturated heterocycles. The van der Waals surface area contributed by atoms with Crippen molar-refractivity contribution in [3.05, 3.63) is 71.3 Å². The van der Waals surface area contributed by atoms with Crippen molar-refractivity contribution in [2.75, 3.05) is 20.8 Å². The highest BCUT2D eigenvalue weighted by Crippen LogP contribution is 2.46. The van der Waals surface area contributed by atoms with Gasteiger partial charge in [0.2, 0.25) is 0 Å². The van der Waals surface area contributed by atoms with Crippen LogP contribution in [0.1, 0.15) is 46.7 Å². The highest BCUT2D eigenvalue weighted by molar-refractivity contribution is 6.07. The number of benzene rings is 3. The lowest BCUT2D eigenvalue weighted by molar-refractivity contribution is 0.0548. The van der Waals surface area contributed by atoms with E-state index in [1.807, 2.05) is 30.3 Å². The first kappa shape index (κ1) is 19.0. The van der Waals surface area contributed by atoms with Gasteiger partial charge in [0.05, 0.1) is 14.2 Å². The van der Waals surface area contributed by atoms with Crippen molar-refractivity contribution in [3.63, 3.8) is 0 Å². The Hall–Kier alpha value is -3.01. The van der Waals surface area contributed by atoms with Crippen LogP contribution in [0.15, 0.2) is 54.6 Å². The molecule has 2 atom stereocenters. The lowest BCUT2D eigenvalue weighted by Crippen LogP contribution is -2.49. The first-order chi connectivity index (χ1) is 14.7. The van der Waals surface area contributed by atoms with E-state index in [9.17, 15) is 4.79 Å². The number of carbonyl (C=O) groups is 1. The Balaban J connectivity index is 1.52. The Labute approximate surface area is 177 Å². The van der Waals surface area contributed by atoms with Crippen LogP contribution in [-0.4, -0.2) is 37.6 Å². The summed E-state index contributed by atoms with van der Waals surface area (Å²) in [4.78, 5) is 15.8. The van der Waals surface area contributed by atoms with Gasteiger partial charge in [-0.3, -0.25) is 4.79 Å². The van der Waals surface area contributed by atoms with Crippen LogP contribution in [0.5, 0.6) is 11.5 Å². The molecule has 154 valence electrons. The van der Waals surface area contributed by atoms with Gasteiger partial charge in [-0.1, -0.05) is 42.5 Å². The van der Waals surface area contributed by atoms with Crippen molar-refractivity contribution >= 4 is 16.7 Å². The van der Waals surface area contributed by atoms with E-state index in [0.717, 1.165) is 60.1 Å². The van der Waals surface area contributed by atoms with Crippen molar-refractivity contribution in [1.29, 1.82) is 0 Å². The lowest BCUT2D eigenvalue weighted by Gasteiger charge is -2.45. The summed E-state index contributed by atoms with van der Waals surface area (Å²) in [5.74, 6) is 2.15. The Morgan fingerprint density at radius 1 is 0.967 bits per heavy atom. The van der Waals surface area contributed by atoms with Gasteiger partial charge >= 0.3 is 0 Å². The Morgan fingerprint density at radius 3 is 2.63 bits per heavy atom. The number of likely N-dealkylation sites (tertiary alicyclic amines) is 1. The molecule has 0 radical (unpaired) electrons. The Bertz CT molecular complexity index is 1100. The largest absolute Gasteiger partial charge is 0.493 e. The number of piperidine rings is 1. The second-order valence-corrected chi connectivity index (χ2v) is 8.25. The van der Waals surface area contributed by atoms with E-state index in [-0.39, 0.29) is 11.9 Å². The maximum atomic E-state index is 13.7. The first-order valence-electron chi connectivity index (χ1n) is 10.8. The van der Waals surface area contributed by atoms with E-state index < -0.39 is 0 Å². The minimum Gasteiger partial charge on any atom is -0.493 e. The van der Waals surface area contributed by atoms with Gasteiger partial charge < -0.3 is 14.4 Å². The second-order valence-electron chi connectivity index (χ2n) is 8.25. The average molecular weight is 402 g/mol. The van der Waals surface area contributed by atoms with Gasteiger partial charge in [0.1, 0.15) is 0 Å². The van der Waals surface area contributed by atoms with E-state index >= 15 is 0 Å².